The Kier molecular flexibility index (Phi) is 5.65. The number of H-pyrrole nitrogens is 1. The van der Waals surface area contributed by atoms with Crippen LogP contribution in [0.25, 0.3) is 22.6 Å². The van der Waals surface area contributed by atoms with Crippen molar-refractivity contribution in [2.45, 2.75) is 5.21 Å². The molecule has 0 aliphatic heterocycles. The Labute approximate surface area is 188 Å². The van der Waals surface area contributed by atoms with E-state index < -0.39 is 14.7 Å². The van der Waals surface area contributed by atoms with Gasteiger partial charge in [0.2, 0.25) is 0 Å². The van der Waals surface area contributed by atoms with Crippen molar-refractivity contribution in [2.24, 2.45) is 0 Å². The van der Waals surface area contributed by atoms with Gasteiger partial charge in [-0.3, -0.25) is 0 Å². The topological polar surface area (TPSA) is 70.7 Å². The van der Waals surface area contributed by atoms with Gasteiger partial charge in [-0.1, -0.05) is 0 Å². The first-order valence-corrected chi connectivity index (χ1v) is 14.0. The van der Waals surface area contributed by atoms with Crippen molar-refractivity contribution < 1.29 is 4.79 Å². The summed E-state index contributed by atoms with van der Waals surface area (Å²) in [6.45, 7) is 0. The molecule has 7 heteroatoms. The van der Waals surface area contributed by atoms with Crippen LogP contribution in [-0.2, 0) is 5.21 Å². The fourth-order valence-electron chi connectivity index (χ4n) is 3.38. The van der Waals surface area contributed by atoms with E-state index in [0.717, 1.165) is 37.8 Å². The maximum atomic E-state index is 13.4. The Morgan fingerprint density at radius 2 is 1.77 bits per heavy atom. The molecule has 3 aromatic carbocycles. The van der Waals surface area contributed by atoms with Crippen LogP contribution in [0.2, 0.25) is 0 Å². The van der Waals surface area contributed by atoms with Crippen LogP contribution in [0.15, 0.2) is 89.8 Å². The molecule has 0 saturated heterocycles. The van der Waals surface area contributed by atoms with Gasteiger partial charge in [0.05, 0.1) is 0 Å². The number of carbonyl (C=O) groups is 1. The molecule has 2 aromatic heterocycles. The van der Waals surface area contributed by atoms with Crippen LogP contribution >= 0.6 is 11.3 Å². The number of aromatic nitrogens is 3. The van der Waals surface area contributed by atoms with Crippen LogP contribution < -0.4 is 9.67 Å². The minimum atomic E-state index is -2.05. The molecule has 0 aliphatic rings. The van der Waals surface area contributed by atoms with Crippen LogP contribution in [0.3, 0.4) is 0 Å². The van der Waals surface area contributed by atoms with Crippen molar-refractivity contribution in [1.29, 1.82) is 0 Å². The van der Waals surface area contributed by atoms with Crippen LogP contribution in [0, 0.1) is 0 Å². The molecule has 0 bridgehead atoms. The van der Waals surface area contributed by atoms with Gasteiger partial charge in [-0.2, -0.15) is 0 Å². The number of imidazole rings is 1. The quantitative estimate of drug-likeness (QED) is 0.333. The number of rotatable bonds is 6. The minimum absolute atomic E-state index is 0.108. The summed E-state index contributed by atoms with van der Waals surface area (Å²) in [5.74, 6) is 0.737. The number of anilines is 1. The Morgan fingerprint density at radius 1 is 1.00 bits per heavy atom. The SMILES string of the molecule is O=C(Nc1ccc2[nH]c(-c3cscn3)nc2c1)[As](Cc1ccccc1)c1ccccc1. The molecule has 0 spiro atoms. The summed E-state index contributed by atoms with van der Waals surface area (Å²) in [4.78, 5) is 25.6. The zero-order chi connectivity index (χ0) is 21.0. The number of nitrogens with zero attached hydrogens (tertiary/aromatic N) is 2. The molecule has 0 fully saturated rings. The van der Waals surface area contributed by atoms with Crippen LogP contribution in [0.5, 0.6) is 0 Å². The van der Waals surface area contributed by atoms with Crippen molar-refractivity contribution in [3.63, 3.8) is 0 Å². The van der Waals surface area contributed by atoms with E-state index in [4.69, 9.17) is 0 Å². The van der Waals surface area contributed by atoms with Gasteiger partial charge in [0.25, 0.3) is 0 Å². The Morgan fingerprint density at radius 3 is 2.52 bits per heavy atom. The summed E-state index contributed by atoms with van der Waals surface area (Å²) >= 11 is -0.517. The third-order valence-corrected chi connectivity index (χ3v) is 10.1. The summed E-state index contributed by atoms with van der Waals surface area (Å²) < 4.78 is 1.25. The van der Waals surface area contributed by atoms with E-state index in [-0.39, 0.29) is 4.69 Å². The average molecular weight is 486 g/mol. The standard InChI is InChI=1S/C24H19AsN4OS/c30-24(25(18-9-5-2-6-10-18)14-17-7-3-1-4-8-17)27-19-11-12-20-21(13-19)29-23(28-20)22-15-31-16-26-22/h1-13,15-16H,14H2,(H,27,30)(H,28,29). The van der Waals surface area contributed by atoms with E-state index >= 15 is 0 Å². The van der Waals surface area contributed by atoms with Gasteiger partial charge in [0.15, 0.2) is 0 Å². The number of aromatic amines is 1. The molecule has 5 aromatic rings. The predicted molar refractivity (Wildman–Crippen MR) is 128 cm³/mol. The normalized spacial score (nSPS) is 12.0. The summed E-state index contributed by atoms with van der Waals surface area (Å²) in [7, 11) is 0. The molecule has 0 radical (unpaired) electrons. The molecule has 1 amide bonds. The second-order valence-electron chi connectivity index (χ2n) is 7.03. The number of benzene rings is 3. The summed E-state index contributed by atoms with van der Waals surface area (Å²) in [5.41, 5.74) is 6.29. The number of hydrogen-bond donors (Lipinski definition) is 2. The van der Waals surface area contributed by atoms with E-state index in [1.807, 2.05) is 60.0 Å². The fourth-order valence-corrected chi connectivity index (χ4v) is 7.97. The van der Waals surface area contributed by atoms with Crippen molar-refractivity contribution in [3.05, 3.63) is 95.3 Å². The molecular weight excluding hydrogens is 467 g/mol. The predicted octanol–water partition coefficient (Wildman–Crippen LogP) is 4.98. The first kappa shape index (κ1) is 19.7. The summed E-state index contributed by atoms with van der Waals surface area (Å²) in [6.07, 6.45) is 0. The molecule has 31 heavy (non-hydrogen) atoms. The van der Waals surface area contributed by atoms with Gasteiger partial charge in [-0.25, -0.2) is 0 Å². The van der Waals surface area contributed by atoms with Gasteiger partial charge >= 0.3 is 189 Å². The molecule has 2 N–H and O–H groups in total. The molecule has 5 rings (SSSR count). The van der Waals surface area contributed by atoms with Gasteiger partial charge < -0.3 is 0 Å². The zero-order valence-electron chi connectivity index (χ0n) is 16.5. The van der Waals surface area contributed by atoms with Gasteiger partial charge in [-0.15, -0.1) is 0 Å². The Hall–Kier alpha value is -3.21. The van der Waals surface area contributed by atoms with Crippen molar-refractivity contribution in [2.75, 3.05) is 5.32 Å². The van der Waals surface area contributed by atoms with Gasteiger partial charge in [0, 0.05) is 0 Å². The van der Waals surface area contributed by atoms with Crippen LogP contribution in [0.4, 0.5) is 10.5 Å². The second kappa shape index (κ2) is 8.88. The average Bonchev–Trinajstić information content (AvgIpc) is 3.48. The number of thiazole rings is 1. The van der Waals surface area contributed by atoms with Gasteiger partial charge in [-0.05, 0) is 0 Å². The molecule has 1 unspecified atom stereocenters. The molecule has 0 aliphatic carbocycles. The first-order chi connectivity index (χ1) is 15.3. The van der Waals surface area contributed by atoms with Gasteiger partial charge in [0.1, 0.15) is 0 Å². The van der Waals surface area contributed by atoms with E-state index in [2.05, 4.69) is 44.5 Å². The molecular formula is C24H19AsN4OS. The third-order valence-electron chi connectivity index (χ3n) is 4.91. The summed E-state index contributed by atoms with van der Waals surface area (Å²) in [6, 6.07) is 26.2. The number of nitrogens with one attached hydrogen (secondary N) is 2. The number of carbonyl (C=O) groups excluding carboxylic acids is 1. The van der Waals surface area contributed by atoms with Crippen LogP contribution in [0.1, 0.15) is 5.56 Å². The van der Waals surface area contributed by atoms with Crippen molar-refractivity contribution in [1.82, 2.24) is 15.0 Å². The Balaban J connectivity index is 1.41. The van der Waals surface area contributed by atoms with E-state index in [0.29, 0.717) is 0 Å². The van der Waals surface area contributed by atoms with E-state index in [1.54, 1.807) is 5.51 Å². The van der Waals surface area contributed by atoms with E-state index in [1.165, 1.54) is 16.9 Å². The van der Waals surface area contributed by atoms with Crippen LogP contribution in [-0.4, -0.2) is 34.3 Å². The number of amides is 1. The summed E-state index contributed by atoms with van der Waals surface area (Å²) in [5, 5.41) is 5.89. The molecule has 2 heterocycles. The molecule has 0 saturated carbocycles. The number of fused-ring (bicyclic) bond motifs is 1. The van der Waals surface area contributed by atoms with Crippen molar-refractivity contribution in [3.8, 4) is 11.5 Å². The zero-order valence-corrected chi connectivity index (χ0v) is 19.2. The second-order valence-corrected chi connectivity index (χ2v) is 12.1. The molecule has 1 atom stereocenters. The fraction of sp³-hybridized carbons (Fsp3) is 0.0417. The van der Waals surface area contributed by atoms with E-state index in [9.17, 15) is 4.79 Å². The third kappa shape index (κ3) is 4.45. The monoisotopic (exact) mass is 486 g/mol. The Bertz CT molecular complexity index is 1300. The maximum absolute atomic E-state index is 13.4. The van der Waals surface area contributed by atoms with Crippen molar-refractivity contribution >= 4 is 51.8 Å². The molecule has 5 nitrogen and oxygen atoms in total. The number of hydrogen-bond acceptors (Lipinski definition) is 4. The first-order valence-electron chi connectivity index (χ1n) is 9.82. The molecule has 152 valence electrons.